The monoisotopic (exact) mass is 230 g/mol. The van der Waals surface area contributed by atoms with Gasteiger partial charge in [0, 0.05) is 17.2 Å². The van der Waals surface area contributed by atoms with E-state index in [0.717, 1.165) is 6.08 Å². The first kappa shape index (κ1) is 11.3. The number of allylic oxidation sites excluding steroid dienone is 1. The Morgan fingerprint density at radius 1 is 1.18 bits per heavy atom. The Labute approximate surface area is 97.9 Å². The lowest BCUT2D eigenvalue weighted by Crippen LogP contribution is -2.22. The number of Topliss-reactive ketones (excluding diaryl/α,β-unsaturated/α-hetero) is 1. The van der Waals surface area contributed by atoms with Gasteiger partial charge >= 0.3 is 5.97 Å². The smallest absolute Gasteiger partial charge is 0.338 e. The highest BCUT2D eigenvalue weighted by Gasteiger charge is 2.29. The SMILES string of the molecule is CCOC(=O)C1=CC(=O)C(=O)c2ccccc21. The molecule has 0 unspecified atom stereocenters. The minimum Gasteiger partial charge on any atom is -0.462 e. The zero-order valence-corrected chi connectivity index (χ0v) is 9.23. The van der Waals surface area contributed by atoms with Gasteiger partial charge in [-0.3, -0.25) is 9.59 Å². The lowest BCUT2D eigenvalue weighted by molar-refractivity contribution is -0.136. The van der Waals surface area contributed by atoms with Crippen molar-refractivity contribution in [3.63, 3.8) is 0 Å². The van der Waals surface area contributed by atoms with Crippen LogP contribution in [0.1, 0.15) is 22.8 Å². The predicted octanol–water partition coefficient (Wildman–Crippen LogP) is 1.40. The molecule has 0 aromatic heterocycles. The summed E-state index contributed by atoms with van der Waals surface area (Å²) in [6, 6.07) is 6.51. The van der Waals surface area contributed by atoms with Crippen molar-refractivity contribution in [3.8, 4) is 0 Å². The molecule has 1 aromatic carbocycles. The van der Waals surface area contributed by atoms with Crippen LogP contribution in [-0.2, 0) is 14.3 Å². The number of carbonyl (C=O) groups excluding carboxylic acids is 3. The Hall–Kier alpha value is -2.23. The first-order valence-corrected chi connectivity index (χ1v) is 5.22. The third kappa shape index (κ3) is 1.89. The molecule has 0 N–H and O–H groups in total. The van der Waals surface area contributed by atoms with Crippen LogP contribution in [0.3, 0.4) is 0 Å². The first-order chi connectivity index (χ1) is 8.15. The average molecular weight is 230 g/mol. The van der Waals surface area contributed by atoms with E-state index in [2.05, 4.69) is 0 Å². The molecule has 4 nitrogen and oxygen atoms in total. The van der Waals surface area contributed by atoms with Gasteiger partial charge in [0.2, 0.25) is 11.6 Å². The van der Waals surface area contributed by atoms with Crippen LogP contribution in [0.15, 0.2) is 30.3 Å². The molecule has 0 heterocycles. The third-order valence-corrected chi connectivity index (χ3v) is 2.46. The van der Waals surface area contributed by atoms with E-state index in [1.807, 2.05) is 0 Å². The van der Waals surface area contributed by atoms with Crippen molar-refractivity contribution in [2.24, 2.45) is 0 Å². The normalized spacial score (nSPS) is 14.1. The molecule has 0 saturated heterocycles. The highest BCUT2D eigenvalue weighted by Crippen LogP contribution is 2.25. The second-order valence-corrected chi connectivity index (χ2v) is 3.52. The number of hydrogen-bond acceptors (Lipinski definition) is 4. The van der Waals surface area contributed by atoms with Crippen molar-refractivity contribution < 1.29 is 19.1 Å². The van der Waals surface area contributed by atoms with Crippen molar-refractivity contribution in [1.29, 1.82) is 0 Å². The topological polar surface area (TPSA) is 60.4 Å². The number of fused-ring (bicyclic) bond motifs is 1. The summed E-state index contributed by atoms with van der Waals surface area (Å²) >= 11 is 0. The lowest BCUT2D eigenvalue weighted by Gasteiger charge is -2.14. The minimum atomic E-state index is -0.688. The van der Waals surface area contributed by atoms with Crippen LogP contribution in [0.4, 0.5) is 0 Å². The summed E-state index contributed by atoms with van der Waals surface area (Å²) in [5.74, 6) is -1.86. The van der Waals surface area contributed by atoms with Crippen LogP contribution < -0.4 is 0 Å². The summed E-state index contributed by atoms with van der Waals surface area (Å²) in [5.41, 5.74) is 0.852. The molecule has 17 heavy (non-hydrogen) atoms. The molecule has 1 aliphatic carbocycles. The van der Waals surface area contributed by atoms with Crippen LogP contribution in [0, 0.1) is 0 Å². The van der Waals surface area contributed by atoms with Gasteiger partial charge in [-0.2, -0.15) is 0 Å². The quantitative estimate of drug-likeness (QED) is 0.569. The fourth-order valence-electron chi connectivity index (χ4n) is 1.70. The molecule has 1 aliphatic rings. The molecule has 0 saturated carbocycles. The Balaban J connectivity index is 2.53. The average Bonchev–Trinajstić information content (AvgIpc) is 2.34. The maximum Gasteiger partial charge on any atom is 0.338 e. The molecule has 1 aromatic rings. The molecule has 0 atom stereocenters. The van der Waals surface area contributed by atoms with Crippen LogP contribution in [0.25, 0.3) is 5.57 Å². The number of benzene rings is 1. The second-order valence-electron chi connectivity index (χ2n) is 3.52. The summed E-state index contributed by atoms with van der Waals surface area (Å²) in [6.45, 7) is 1.90. The van der Waals surface area contributed by atoms with Crippen molar-refractivity contribution in [2.45, 2.75) is 6.92 Å². The Morgan fingerprint density at radius 2 is 1.82 bits per heavy atom. The van der Waals surface area contributed by atoms with E-state index in [9.17, 15) is 14.4 Å². The number of rotatable bonds is 2. The fraction of sp³-hybridized carbons (Fsp3) is 0.154. The largest absolute Gasteiger partial charge is 0.462 e. The molecular formula is C13H10O4. The Morgan fingerprint density at radius 3 is 2.47 bits per heavy atom. The lowest BCUT2D eigenvalue weighted by atomic mass is 9.89. The number of carbonyl (C=O) groups is 3. The van der Waals surface area contributed by atoms with E-state index >= 15 is 0 Å². The van der Waals surface area contributed by atoms with Gasteiger partial charge in [0.05, 0.1) is 12.2 Å². The van der Waals surface area contributed by atoms with Gasteiger partial charge in [-0.1, -0.05) is 24.3 Å². The number of hydrogen-bond donors (Lipinski definition) is 0. The highest BCUT2D eigenvalue weighted by atomic mass is 16.5. The summed E-state index contributed by atoms with van der Waals surface area (Å²) in [4.78, 5) is 34.7. The maximum atomic E-state index is 11.7. The molecule has 0 radical (unpaired) electrons. The Kier molecular flexibility index (Phi) is 2.87. The third-order valence-electron chi connectivity index (χ3n) is 2.46. The molecule has 0 bridgehead atoms. The van der Waals surface area contributed by atoms with Gasteiger partial charge in [-0.05, 0) is 6.92 Å². The van der Waals surface area contributed by atoms with Crippen LogP contribution in [-0.4, -0.2) is 24.1 Å². The highest BCUT2D eigenvalue weighted by molar-refractivity contribution is 6.52. The molecule has 0 spiro atoms. The van der Waals surface area contributed by atoms with E-state index in [0.29, 0.717) is 5.56 Å². The predicted molar refractivity (Wildman–Crippen MR) is 60.4 cm³/mol. The second kappa shape index (κ2) is 4.33. The van der Waals surface area contributed by atoms with E-state index in [1.165, 1.54) is 6.07 Å². The van der Waals surface area contributed by atoms with Crippen LogP contribution >= 0.6 is 0 Å². The fourth-order valence-corrected chi connectivity index (χ4v) is 1.70. The van der Waals surface area contributed by atoms with Gasteiger partial charge in [-0.15, -0.1) is 0 Å². The van der Waals surface area contributed by atoms with E-state index < -0.39 is 17.5 Å². The first-order valence-electron chi connectivity index (χ1n) is 5.22. The Bertz CT molecular complexity index is 540. The minimum absolute atomic E-state index is 0.145. The number of esters is 1. The molecule has 4 heteroatoms. The van der Waals surface area contributed by atoms with Crippen molar-refractivity contribution in [1.82, 2.24) is 0 Å². The number of ether oxygens (including phenoxy) is 1. The van der Waals surface area contributed by atoms with Crippen LogP contribution in [0.2, 0.25) is 0 Å². The molecule has 0 aliphatic heterocycles. The summed E-state index contributed by atoms with van der Waals surface area (Å²) in [5, 5.41) is 0. The summed E-state index contributed by atoms with van der Waals surface area (Å²) in [7, 11) is 0. The van der Waals surface area contributed by atoms with Gasteiger partial charge in [0.1, 0.15) is 0 Å². The molecule has 2 rings (SSSR count). The van der Waals surface area contributed by atoms with E-state index in [1.54, 1.807) is 25.1 Å². The number of ketones is 2. The van der Waals surface area contributed by atoms with E-state index in [-0.39, 0.29) is 17.7 Å². The zero-order chi connectivity index (χ0) is 12.4. The van der Waals surface area contributed by atoms with Crippen LogP contribution in [0.5, 0.6) is 0 Å². The van der Waals surface area contributed by atoms with Gasteiger partial charge in [0.25, 0.3) is 0 Å². The van der Waals surface area contributed by atoms with Gasteiger partial charge in [-0.25, -0.2) is 4.79 Å². The summed E-state index contributed by atoms with van der Waals surface area (Å²) < 4.78 is 4.85. The standard InChI is InChI=1S/C13H10O4/c1-2-17-13(16)10-7-11(14)12(15)9-6-4-3-5-8(9)10/h3-7H,2H2,1H3. The molecule has 0 fully saturated rings. The maximum absolute atomic E-state index is 11.7. The van der Waals surface area contributed by atoms with Gasteiger partial charge in [0.15, 0.2) is 0 Å². The molecular weight excluding hydrogens is 220 g/mol. The van der Waals surface area contributed by atoms with E-state index in [4.69, 9.17) is 4.74 Å². The summed E-state index contributed by atoms with van der Waals surface area (Å²) in [6.07, 6.45) is 1.04. The van der Waals surface area contributed by atoms with Crippen molar-refractivity contribution in [2.75, 3.05) is 6.61 Å². The molecule has 86 valence electrons. The van der Waals surface area contributed by atoms with Gasteiger partial charge < -0.3 is 4.74 Å². The molecule has 0 amide bonds. The van der Waals surface area contributed by atoms with Crippen molar-refractivity contribution >= 4 is 23.1 Å². The van der Waals surface area contributed by atoms with Crippen molar-refractivity contribution in [3.05, 3.63) is 41.5 Å². The zero-order valence-electron chi connectivity index (χ0n) is 9.23.